The lowest BCUT2D eigenvalue weighted by molar-refractivity contribution is -0.116. The third-order valence-electron chi connectivity index (χ3n) is 2.75. The molecule has 0 aliphatic carbocycles. The molecule has 0 spiro atoms. The maximum absolute atomic E-state index is 10.7. The molecular weight excluding hydrogens is 196 g/mol. The highest BCUT2D eigenvalue weighted by Crippen LogP contribution is 2.28. The Bertz CT molecular complexity index is 299. The molecule has 0 N–H and O–H groups in total. The summed E-state index contributed by atoms with van der Waals surface area (Å²) < 4.78 is 0. The minimum absolute atomic E-state index is 0.179. The van der Waals surface area contributed by atoms with Crippen LogP contribution >= 0.6 is 0 Å². The molecule has 1 heteroatoms. The first-order chi connectivity index (χ1) is 7.37. The quantitative estimate of drug-likeness (QED) is 0.640. The van der Waals surface area contributed by atoms with Crippen molar-refractivity contribution in [3.8, 4) is 11.8 Å². The molecule has 16 heavy (non-hydrogen) atoms. The van der Waals surface area contributed by atoms with Gasteiger partial charge in [-0.15, -0.1) is 0 Å². The van der Waals surface area contributed by atoms with E-state index in [9.17, 15) is 4.79 Å². The van der Waals surface area contributed by atoms with E-state index in [-0.39, 0.29) is 5.78 Å². The van der Waals surface area contributed by atoms with Crippen molar-refractivity contribution in [2.75, 3.05) is 0 Å². The summed E-state index contributed by atoms with van der Waals surface area (Å²) in [7, 11) is 0. The summed E-state index contributed by atoms with van der Waals surface area (Å²) in [5.41, 5.74) is 0.372. The van der Waals surface area contributed by atoms with Gasteiger partial charge in [0.05, 0.1) is 0 Å². The van der Waals surface area contributed by atoms with Crippen LogP contribution in [-0.2, 0) is 4.79 Å². The highest BCUT2D eigenvalue weighted by Gasteiger charge is 2.17. The summed E-state index contributed by atoms with van der Waals surface area (Å²) in [6, 6.07) is 0. The first-order valence-electron chi connectivity index (χ1n) is 6.03. The van der Waals surface area contributed by atoms with Gasteiger partial charge in [-0.3, -0.25) is 4.79 Å². The van der Waals surface area contributed by atoms with Crippen LogP contribution in [0.3, 0.4) is 0 Å². The highest BCUT2D eigenvalue weighted by molar-refractivity contribution is 5.77. The average Bonchev–Trinajstić information content (AvgIpc) is 2.16. The topological polar surface area (TPSA) is 17.1 Å². The number of rotatable bonds is 5. The van der Waals surface area contributed by atoms with Crippen LogP contribution in [0.25, 0.3) is 0 Å². The van der Waals surface area contributed by atoms with Crippen LogP contribution in [0, 0.1) is 23.2 Å². The van der Waals surface area contributed by atoms with Crippen molar-refractivity contribution in [2.45, 2.75) is 53.9 Å². The van der Waals surface area contributed by atoms with Crippen LogP contribution in [-0.4, -0.2) is 5.78 Å². The van der Waals surface area contributed by atoms with Crippen LogP contribution in [0.2, 0.25) is 0 Å². The predicted molar refractivity (Wildman–Crippen MR) is 70.1 cm³/mol. The van der Waals surface area contributed by atoms with E-state index in [0.29, 0.717) is 17.8 Å². The van der Waals surface area contributed by atoms with E-state index in [2.05, 4.69) is 39.5 Å². The second-order valence-corrected chi connectivity index (χ2v) is 5.22. The SMILES string of the molecule is CCC(C)(C)CC(C)C#CC=CCC(C)=O. The zero-order chi connectivity index (χ0) is 12.6. The summed E-state index contributed by atoms with van der Waals surface area (Å²) in [5, 5.41) is 0. The maximum atomic E-state index is 10.7. The first-order valence-corrected chi connectivity index (χ1v) is 6.03. The van der Waals surface area contributed by atoms with Gasteiger partial charge in [0.2, 0.25) is 0 Å². The standard InChI is InChI=1S/C15H24O/c1-6-15(4,5)12-13(2)10-8-7-9-11-14(3)16/h7,9,13H,6,11-12H2,1-5H3. The zero-order valence-corrected chi connectivity index (χ0v) is 11.3. The summed E-state index contributed by atoms with van der Waals surface area (Å²) in [5.74, 6) is 6.80. The predicted octanol–water partition coefficient (Wildman–Crippen LogP) is 3.99. The molecular formula is C15H24O. The van der Waals surface area contributed by atoms with E-state index < -0.39 is 0 Å². The van der Waals surface area contributed by atoms with Gasteiger partial charge in [-0.1, -0.05) is 52.0 Å². The molecule has 1 nitrogen and oxygen atoms in total. The lowest BCUT2D eigenvalue weighted by Crippen LogP contribution is -2.13. The van der Waals surface area contributed by atoms with E-state index in [4.69, 9.17) is 0 Å². The van der Waals surface area contributed by atoms with E-state index in [0.717, 1.165) is 6.42 Å². The van der Waals surface area contributed by atoms with Crippen LogP contribution < -0.4 is 0 Å². The van der Waals surface area contributed by atoms with E-state index in [1.807, 2.05) is 6.08 Å². The Labute approximate surface area is 100 Å². The smallest absolute Gasteiger partial charge is 0.133 e. The van der Waals surface area contributed by atoms with Crippen molar-refractivity contribution in [2.24, 2.45) is 11.3 Å². The Balaban J connectivity index is 4.05. The molecule has 0 radical (unpaired) electrons. The molecule has 0 saturated heterocycles. The van der Waals surface area contributed by atoms with Gasteiger partial charge < -0.3 is 0 Å². The third kappa shape index (κ3) is 8.29. The Kier molecular flexibility index (Phi) is 6.81. The van der Waals surface area contributed by atoms with Gasteiger partial charge in [-0.05, 0) is 24.8 Å². The van der Waals surface area contributed by atoms with Gasteiger partial charge in [0.1, 0.15) is 5.78 Å². The number of Topliss-reactive ketones (excluding diaryl/α,β-unsaturated/α-hetero) is 1. The van der Waals surface area contributed by atoms with Crippen molar-refractivity contribution in [3.05, 3.63) is 12.2 Å². The number of carbonyl (C=O) groups is 1. The maximum Gasteiger partial charge on any atom is 0.133 e. The summed E-state index contributed by atoms with van der Waals surface area (Å²) in [4.78, 5) is 10.7. The second-order valence-electron chi connectivity index (χ2n) is 5.22. The minimum Gasteiger partial charge on any atom is -0.300 e. The lowest BCUT2D eigenvalue weighted by atomic mass is 9.81. The first kappa shape index (κ1) is 15.0. The molecule has 0 heterocycles. The van der Waals surface area contributed by atoms with Crippen molar-refractivity contribution in [3.63, 3.8) is 0 Å². The van der Waals surface area contributed by atoms with Crippen LogP contribution in [0.15, 0.2) is 12.2 Å². The minimum atomic E-state index is 0.179. The van der Waals surface area contributed by atoms with E-state index >= 15 is 0 Å². The van der Waals surface area contributed by atoms with E-state index in [1.165, 1.54) is 6.42 Å². The molecule has 90 valence electrons. The normalized spacial score (nSPS) is 13.3. The van der Waals surface area contributed by atoms with Gasteiger partial charge in [-0.2, -0.15) is 0 Å². The molecule has 1 unspecified atom stereocenters. The number of hydrogen-bond donors (Lipinski definition) is 0. The Hall–Kier alpha value is -1.03. The molecule has 0 aromatic rings. The number of hydrogen-bond acceptors (Lipinski definition) is 1. The molecule has 0 aromatic carbocycles. The van der Waals surface area contributed by atoms with Gasteiger partial charge >= 0.3 is 0 Å². The van der Waals surface area contributed by atoms with Crippen molar-refractivity contribution >= 4 is 5.78 Å². The van der Waals surface area contributed by atoms with Gasteiger partial charge in [0, 0.05) is 12.3 Å². The fourth-order valence-electron chi connectivity index (χ4n) is 1.50. The highest BCUT2D eigenvalue weighted by atomic mass is 16.1. The summed E-state index contributed by atoms with van der Waals surface area (Å²) >= 11 is 0. The van der Waals surface area contributed by atoms with Crippen LogP contribution in [0.5, 0.6) is 0 Å². The molecule has 0 rings (SSSR count). The third-order valence-corrected chi connectivity index (χ3v) is 2.75. The number of ketones is 1. The molecule has 0 bridgehead atoms. The Morgan fingerprint density at radius 2 is 2.06 bits per heavy atom. The average molecular weight is 220 g/mol. The van der Waals surface area contributed by atoms with Crippen molar-refractivity contribution < 1.29 is 4.79 Å². The Morgan fingerprint density at radius 3 is 2.56 bits per heavy atom. The molecule has 1 atom stereocenters. The summed E-state index contributed by atoms with van der Waals surface area (Å²) in [6.07, 6.45) is 6.41. The molecule has 0 aliphatic heterocycles. The fraction of sp³-hybridized carbons (Fsp3) is 0.667. The molecule has 0 saturated carbocycles. The molecule has 0 fully saturated rings. The van der Waals surface area contributed by atoms with E-state index in [1.54, 1.807) is 13.0 Å². The molecule has 0 aromatic heterocycles. The van der Waals surface area contributed by atoms with Crippen LogP contribution in [0.1, 0.15) is 53.9 Å². The Morgan fingerprint density at radius 1 is 1.44 bits per heavy atom. The van der Waals surface area contributed by atoms with Crippen molar-refractivity contribution in [1.82, 2.24) is 0 Å². The number of carbonyl (C=O) groups excluding carboxylic acids is 1. The summed E-state index contributed by atoms with van der Waals surface area (Å²) in [6.45, 7) is 10.5. The lowest BCUT2D eigenvalue weighted by Gasteiger charge is -2.24. The number of allylic oxidation sites excluding steroid dienone is 2. The fourth-order valence-corrected chi connectivity index (χ4v) is 1.50. The second kappa shape index (κ2) is 7.28. The van der Waals surface area contributed by atoms with Gasteiger partial charge in [0.15, 0.2) is 0 Å². The van der Waals surface area contributed by atoms with Gasteiger partial charge in [0.25, 0.3) is 0 Å². The van der Waals surface area contributed by atoms with Crippen molar-refractivity contribution in [1.29, 1.82) is 0 Å². The largest absolute Gasteiger partial charge is 0.300 e. The monoisotopic (exact) mass is 220 g/mol. The zero-order valence-electron chi connectivity index (χ0n) is 11.3. The molecule has 0 aliphatic rings. The van der Waals surface area contributed by atoms with Crippen LogP contribution in [0.4, 0.5) is 0 Å². The molecule has 0 amide bonds. The van der Waals surface area contributed by atoms with Gasteiger partial charge in [-0.25, -0.2) is 0 Å².